The van der Waals surface area contributed by atoms with Crippen molar-refractivity contribution in [1.29, 1.82) is 0 Å². The lowest BCUT2D eigenvalue weighted by Gasteiger charge is -2.38. The Kier molecular flexibility index (Phi) is 7.35. The Morgan fingerprint density at radius 2 is 1.83 bits per heavy atom. The maximum absolute atomic E-state index is 13.5. The minimum atomic E-state index is -0.0743. The van der Waals surface area contributed by atoms with Crippen LogP contribution in [0.15, 0.2) is 35.7 Å². The normalized spacial score (nSPS) is 16.1. The molecule has 2 heterocycles. The molecule has 0 saturated heterocycles. The van der Waals surface area contributed by atoms with Crippen LogP contribution in [0.3, 0.4) is 0 Å². The van der Waals surface area contributed by atoms with Crippen LogP contribution in [-0.2, 0) is 16.0 Å². The van der Waals surface area contributed by atoms with Crippen molar-refractivity contribution >= 4 is 23.2 Å². The molecule has 0 unspecified atom stereocenters. The van der Waals surface area contributed by atoms with Crippen molar-refractivity contribution < 1.29 is 9.59 Å². The molecule has 0 saturated carbocycles. The second-order valence-corrected chi connectivity index (χ2v) is 10.2. The minimum absolute atomic E-state index is 0.0397. The van der Waals surface area contributed by atoms with Crippen LogP contribution in [0, 0.1) is 18.8 Å². The molecular weight excluding hydrogens is 392 g/mol. The lowest BCUT2D eigenvalue weighted by atomic mass is 9.90. The van der Waals surface area contributed by atoms with Gasteiger partial charge in [0.05, 0.1) is 12.6 Å². The number of benzene rings is 1. The Morgan fingerprint density at radius 1 is 1.10 bits per heavy atom. The van der Waals surface area contributed by atoms with Gasteiger partial charge in [-0.3, -0.25) is 9.59 Å². The minimum Gasteiger partial charge on any atom is -0.333 e. The zero-order valence-electron chi connectivity index (χ0n) is 18.9. The van der Waals surface area contributed by atoms with Gasteiger partial charge in [-0.1, -0.05) is 52.0 Å². The van der Waals surface area contributed by atoms with E-state index in [2.05, 4.69) is 44.4 Å². The molecule has 5 heteroatoms. The van der Waals surface area contributed by atoms with Gasteiger partial charge < -0.3 is 9.80 Å². The van der Waals surface area contributed by atoms with E-state index < -0.39 is 0 Å². The first kappa shape index (κ1) is 22.5. The number of carbonyl (C=O) groups is 2. The van der Waals surface area contributed by atoms with Gasteiger partial charge in [-0.25, -0.2) is 0 Å². The highest BCUT2D eigenvalue weighted by Crippen LogP contribution is 2.39. The van der Waals surface area contributed by atoms with Crippen LogP contribution >= 0.6 is 11.3 Å². The van der Waals surface area contributed by atoms with E-state index in [1.54, 1.807) is 16.2 Å². The fourth-order valence-electron chi connectivity index (χ4n) is 4.24. The molecule has 0 aliphatic carbocycles. The number of carbonyl (C=O) groups excluding carboxylic acids is 2. The molecule has 4 nitrogen and oxygen atoms in total. The Morgan fingerprint density at radius 3 is 2.50 bits per heavy atom. The molecule has 1 aromatic carbocycles. The summed E-state index contributed by atoms with van der Waals surface area (Å²) < 4.78 is 0. The van der Waals surface area contributed by atoms with Crippen molar-refractivity contribution in [3.05, 3.63) is 57.3 Å². The second-order valence-electron chi connectivity index (χ2n) is 9.16. The quantitative estimate of drug-likeness (QED) is 0.621. The van der Waals surface area contributed by atoms with E-state index >= 15 is 0 Å². The number of thiophene rings is 1. The zero-order chi connectivity index (χ0) is 21.8. The molecule has 1 aromatic heterocycles. The second kappa shape index (κ2) is 9.78. The average Bonchev–Trinajstić information content (AvgIpc) is 3.15. The van der Waals surface area contributed by atoms with E-state index in [0.717, 1.165) is 6.42 Å². The largest absolute Gasteiger partial charge is 0.333 e. The number of hydrogen-bond donors (Lipinski definition) is 0. The fourth-order valence-corrected chi connectivity index (χ4v) is 5.15. The van der Waals surface area contributed by atoms with Gasteiger partial charge >= 0.3 is 0 Å². The summed E-state index contributed by atoms with van der Waals surface area (Å²) in [7, 11) is 0. The molecule has 30 heavy (non-hydrogen) atoms. The monoisotopic (exact) mass is 426 g/mol. The Bertz CT molecular complexity index is 887. The molecule has 2 aromatic rings. The fraction of sp³-hybridized carbons (Fsp3) is 0.520. The average molecular weight is 427 g/mol. The predicted molar refractivity (Wildman–Crippen MR) is 124 cm³/mol. The zero-order valence-corrected chi connectivity index (χ0v) is 19.7. The maximum Gasteiger partial charge on any atom is 0.242 e. The summed E-state index contributed by atoms with van der Waals surface area (Å²) in [4.78, 5) is 31.5. The third kappa shape index (κ3) is 5.12. The van der Waals surface area contributed by atoms with Crippen LogP contribution in [0.2, 0.25) is 0 Å². The molecule has 1 aliphatic heterocycles. The van der Waals surface area contributed by atoms with Crippen molar-refractivity contribution in [3.63, 3.8) is 0 Å². The van der Waals surface area contributed by atoms with E-state index in [0.29, 0.717) is 25.4 Å². The molecule has 162 valence electrons. The highest BCUT2D eigenvalue weighted by atomic mass is 32.1. The summed E-state index contributed by atoms with van der Waals surface area (Å²) in [6.45, 7) is 11.8. The highest BCUT2D eigenvalue weighted by Gasteiger charge is 2.34. The lowest BCUT2D eigenvalue weighted by Crippen LogP contribution is -2.47. The van der Waals surface area contributed by atoms with E-state index in [9.17, 15) is 9.59 Å². The SMILES string of the molecule is Cc1ccccc1[C@H]1c2ccsc2CCN1C(=O)CN(CC(C)C)C(=O)CC(C)C. The highest BCUT2D eigenvalue weighted by molar-refractivity contribution is 7.10. The number of amides is 2. The van der Waals surface area contributed by atoms with Gasteiger partial charge in [0.1, 0.15) is 0 Å². The van der Waals surface area contributed by atoms with E-state index in [-0.39, 0.29) is 30.3 Å². The Labute approximate surface area is 184 Å². The van der Waals surface area contributed by atoms with Gasteiger partial charge in [0, 0.05) is 24.4 Å². The van der Waals surface area contributed by atoms with Crippen LogP contribution in [0.5, 0.6) is 0 Å². The summed E-state index contributed by atoms with van der Waals surface area (Å²) in [5.41, 5.74) is 3.60. The number of hydrogen-bond acceptors (Lipinski definition) is 3. The third-order valence-electron chi connectivity index (χ3n) is 5.62. The van der Waals surface area contributed by atoms with Crippen LogP contribution in [-0.4, -0.2) is 41.2 Å². The first-order valence-corrected chi connectivity index (χ1v) is 11.8. The summed E-state index contributed by atoms with van der Waals surface area (Å²) in [6.07, 6.45) is 1.36. The molecule has 0 fully saturated rings. The van der Waals surface area contributed by atoms with Crippen molar-refractivity contribution in [1.82, 2.24) is 9.80 Å². The van der Waals surface area contributed by atoms with Crippen LogP contribution in [0.4, 0.5) is 0 Å². The first-order chi connectivity index (χ1) is 14.3. The van der Waals surface area contributed by atoms with E-state index in [1.165, 1.54) is 21.6 Å². The third-order valence-corrected chi connectivity index (χ3v) is 6.61. The van der Waals surface area contributed by atoms with Gasteiger partial charge in [0.15, 0.2) is 0 Å². The molecular formula is C25H34N2O2S. The van der Waals surface area contributed by atoms with Gasteiger partial charge in [-0.15, -0.1) is 11.3 Å². The summed E-state index contributed by atoms with van der Waals surface area (Å²) in [5, 5.41) is 2.13. The van der Waals surface area contributed by atoms with Crippen molar-refractivity contribution in [2.24, 2.45) is 11.8 Å². The standard InChI is InChI=1S/C25H34N2O2S/c1-17(2)14-23(28)26(15-18(3)4)16-24(29)27-12-10-22-21(11-13-30-22)25(27)20-9-7-6-8-19(20)5/h6-9,11,13,17-18,25H,10,12,14-16H2,1-5H3/t25-/m0/s1. The van der Waals surface area contributed by atoms with Crippen LogP contribution in [0.1, 0.15) is 61.7 Å². The number of nitrogens with zero attached hydrogens (tertiary/aromatic N) is 2. The number of rotatable bonds is 7. The van der Waals surface area contributed by atoms with E-state index in [4.69, 9.17) is 0 Å². The van der Waals surface area contributed by atoms with Gasteiger partial charge in [0.2, 0.25) is 11.8 Å². The molecule has 1 atom stereocenters. The number of fused-ring (bicyclic) bond motifs is 1. The molecule has 0 spiro atoms. The van der Waals surface area contributed by atoms with Gasteiger partial charge in [-0.2, -0.15) is 0 Å². The molecule has 0 radical (unpaired) electrons. The smallest absolute Gasteiger partial charge is 0.242 e. The summed E-state index contributed by atoms with van der Waals surface area (Å²) in [6, 6.07) is 10.4. The topological polar surface area (TPSA) is 40.6 Å². The van der Waals surface area contributed by atoms with Gasteiger partial charge in [0.25, 0.3) is 0 Å². The summed E-state index contributed by atoms with van der Waals surface area (Å²) >= 11 is 1.77. The lowest BCUT2D eigenvalue weighted by molar-refractivity contribution is -0.142. The van der Waals surface area contributed by atoms with Crippen LogP contribution < -0.4 is 0 Å². The first-order valence-electron chi connectivity index (χ1n) is 11.0. The van der Waals surface area contributed by atoms with Crippen LogP contribution in [0.25, 0.3) is 0 Å². The van der Waals surface area contributed by atoms with Gasteiger partial charge in [-0.05, 0) is 53.3 Å². The van der Waals surface area contributed by atoms with Crippen molar-refractivity contribution in [2.75, 3.05) is 19.6 Å². The number of aryl methyl sites for hydroxylation is 1. The predicted octanol–water partition coefficient (Wildman–Crippen LogP) is 5.06. The van der Waals surface area contributed by atoms with Crippen molar-refractivity contribution in [2.45, 2.75) is 53.5 Å². The molecule has 1 aliphatic rings. The van der Waals surface area contributed by atoms with Crippen molar-refractivity contribution in [3.8, 4) is 0 Å². The Balaban J connectivity index is 1.89. The Hall–Kier alpha value is -2.14. The summed E-state index contributed by atoms with van der Waals surface area (Å²) in [5.74, 6) is 0.724. The maximum atomic E-state index is 13.5. The van der Waals surface area contributed by atoms with E-state index in [1.807, 2.05) is 30.9 Å². The molecule has 0 bridgehead atoms. The molecule has 2 amide bonds. The molecule has 3 rings (SSSR count). The molecule has 0 N–H and O–H groups in total.